The van der Waals surface area contributed by atoms with E-state index in [4.69, 9.17) is 5.73 Å². The van der Waals surface area contributed by atoms with E-state index in [-0.39, 0.29) is 29.8 Å². The van der Waals surface area contributed by atoms with E-state index in [1.54, 1.807) is 45.0 Å². The van der Waals surface area contributed by atoms with Crippen LogP contribution >= 0.6 is 12.4 Å². The van der Waals surface area contributed by atoms with E-state index in [0.717, 1.165) is 5.56 Å². The van der Waals surface area contributed by atoms with Gasteiger partial charge >= 0.3 is 0 Å². The Morgan fingerprint density at radius 2 is 1.78 bits per heavy atom. The van der Waals surface area contributed by atoms with Crippen molar-refractivity contribution in [2.45, 2.75) is 38.1 Å². The van der Waals surface area contributed by atoms with Crippen molar-refractivity contribution in [3.05, 3.63) is 59.2 Å². The summed E-state index contributed by atoms with van der Waals surface area (Å²) in [6.45, 7) is 7.52. The fourth-order valence-corrected chi connectivity index (χ4v) is 3.44. The van der Waals surface area contributed by atoms with Crippen LogP contribution in [0.2, 0.25) is 0 Å². The Morgan fingerprint density at radius 3 is 2.37 bits per heavy atom. The average molecular weight is 412 g/mol. The van der Waals surface area contributed by atoms with Crippen molar-refractivity contribution in [3.63, 3.8) is 0 Å². The summed E-state index contributed by atoms with van der Waals surface area (Å²) in [5.74, 6) is -0.356. The van der Waals surface area contributed by atoms with Gasteiger partial charge in [-0.25, -0.2) is 8.42 Å². The van der Waals surface area contributed by atoms with E-state index < -0.39 is 15.6 Å². The number of nitrogens with one attached hydrogen (secondary N) is 2. The molecule has 0 aromatic heterocycles. The molecule has 0 aliphatic carbocycles. The molecule has 1 amide bonds. The first kappa shape index (κ1) is 23.0. The normalized spacial score (nSPS) is 11.4. The number of halogens is 1. The Balaban J connectivity index is 0.00000364. The minimum Gasteiger partial charge on any atom is -0.346 e. The lowest BCUT2D eigenvalue weighted by atomic mass is 10.0. The number of carbonyl (C=O) groups excluding carboxylic acids is 1. The first-order valence-corrected chi connectivity index (χ1v) is 9.75. The van der Waals surface area contributed by atoms with Gasteiger partial charge in [0.05, 0.1) is 4.90 Å². The summed E-state index contributed by atoms with van der Waals surface area (Å²) in [5, 5.41) is 2.82. The molecule has 2 rings (SSSR count). The van der Waals surface area contributed by atoms with Gasteiger partial charge in [-0.05, 0) is 63.1 Å². The van der Waals surface area contributed by atoms with Crippen LogP contribution in [-0.4, -0.2) is 26.4 Å². The second-order valence-electron chi connectivity index (χ2n) is 6.99. The molecule has 0 saturated carbocycles. The van der Waals surface area contributed by atoms with Gasteiger partial charge in [-0.1, -0.05) is 18.2 Å². The fourth-order valence-electron chi connectivity index (χ4n) is 2.36. The Hall–Kier alpha value is -2.09. The lowest BCUT2D eigenvalue weighted by molar-refractivity contribution is 0.0915. The molecular weight excluding hydrogens is 386 g/mol. The number of anilines is 1. The number of rotatable bonds is 6. The number of hydrogen-bond donors (Lipinski definition) is 3. The first-order valence-electron chi connectivity index (χ1n) is 8.27. The quantitative estimate of drug-likeness (QED) is 0.680. The second-order valence-corrected chi connectivity index (χ2v) is 8.68. The Labute approximate surface area is 167 Å². The maximum absolute atomic E-state index is 12.7. The minimum atomic E-state index is -3.81. The van der Waals surface area contributed by atoms with Crippen LogP contribution in [0.15, 0.2) is 47.4 Å². The van der Waals surface area contributed by atoms with E-state index in [0.29, 0.717) is 16.8 Å². The van der Waals surface area contributed by atoms with E-state index in [2.05, 4.69) is 10.0 Å². The maximum atomic E-state index is 12.7. The summed E-state index contributed by atoms with van der Waals surface area (Å²) in [5.41, 5.74) is 7.47. The van der Waals surface area contributed by atoms with Gasteiger partial charge in [0, 0.05) is 23.3 Å². The third-order valence-corrected chi connectivity index (χ3v) is 5.38. The highest BCUT2D eigenvalue weighted by Gasteiger charge is 2.22. The fraction of sp³-hybridized carbons (Fsp3) is 0.316. The van der Waals surface area contributed by atoms with Crippen molar-refractivity contribution in [1.82, 2.24) is 5.32 Å². The number of carbonyl (C=O) groups is 1. The maximum Gasteiger partial charge on any atom is 0.261 e. The number of nitrogens with two attached hydrogens (primary N) is 1. The molecule has 148 valence electrons. The minimum absolute atomic E-state index is 0. The lowest BCUT2D eigenvalue weighted by Crippen LogP contribution is -2.49. The van der Waals surface area contributed by atoms with Gasteiger partial charge in [-0.2, -0.15) is 0 Å². The SMILES string of the molecule is Cc1cccc(NS(=O)(=O)c2ccc(C)c(C(=O)NC(C)(C)CN)c2)c1.Cl. The molecule has 4 N–H and O–H groups in total. The summed E-state index contributed by atoms with van der Waals surface area (Å²) in [7, 11) is -3.81. The molecule has 8 heteroatoms. The van der Waals surface area contributed by atoms with E-state index in [1.165, 1.54) is 12.1 Å². The van der Waals surface area contributed by atoms with E-state index >= 15 is 0 Å². The smallest absolute Gasteiger partial charge is 0.261 e. The van der Waals surface area contributed by atoms with Crippen molar-refractivity contribution in [2.75, 3.05) is 11.3 Å². The van der Waals surface area contributed by atoms with Crippen LogP contribution in [0.1, 0.15) is 35.3 Å². The average Bonchev–Trinajstić information content (AvgIpc) is 2.54. The molecule has 0 atom stereocenters. The molecule has 0 spiro atoms. The number of hydrogen-bond acceptors (Lipinski definition) is 4. The molecule has 0 fully saturated rings. The zero-order chi connectivity index (χ0) is 19.5. The molecule has 0 aliphatic heterocycles. The van der Waals surface area contributed by atoms with Gasteiger partial charge in [0.1, 0.15) is 0 Å². The Bertz CT molecular complexity index is 928. The van der Waals surface area contributed by atoms with Crippen LogP contribution in [0.4, 0.5) is 5.69 Å². The third kappa shape index (κ3) is 5.95. The second kappa shape index (κ2) is 8.73. The zero-order valence-electron chi connectivity index (χ0n) is 15.9. The zero-order valence-corrected chi connectivity index (χ0v) is 17.5. The molecule has 0 aliphatic rings. The number of amides is 1. The van der Waals surface area contributed by atoms with Crippen molar-refractivity contribution in [3.8, 4) is 0 Å². The monoisotopic (exact) mass is 411 g/mol. The molecular formula is C19H26ClN3O3S. The molecule has 0 heterocycles. The van der Waals surface area contributed by atoms with Gasteiger partial charge in [-0.3, -0.25) is 9.52 Å². The van der Waals surface area contributed by atoms with E-state index in [9.17, 15) is 13.2 Å². The third-order valence-electron chi connectivity index (χ3n) is 4.00. The lowest BCUT2D eigenvalue weighted by Gasteiger charge is -2.24. The van der Waals surface area contributed by atoms with Crippen LogP contribution in [0.3, 0.4) is 0 Å². The van der Waals surface area contributed by atoms with Gasteiger partial charge in [0.25, 0.3) is 15.9 Å². The predicted octanol–water partition coefficient (Wildman–Crippen LogP) is 2.99. The topological polar surface area (TPSA) is 101 Å². The largest absolute Gasteiger partial charge is 0.346 e. The van der Waals surface area contributed by atoms with E-state index in [1.807, 2.05) is 13.0 Å². The molecule has 6 nitrogen and oxygen atoms in total. The molecule has 0 radical (unpaired) electrons. The van der Waals surface area contributed by atoms with Gasteiger partial charge in [0.15, 0.2) is 0 Å². The number of aryl methyl sites for hydroxylation is 2. The highest BCUT2D eigenvalue weighted by atomic mass is 35.5. The Kier molecular flexibility index (Phi) is 7.42. The summed E-state index contributed by atoms with van der Waals surface area (Å²) in [6, 6.07) is 11.6. The Morgan fingerprint density at radius 1 is 1.11 bits per heavy atom. The van der Waals surface area contributed by atoms with Gasteiger partial charge in [0.2, 0.25) is 0 Å². The van der Waals surface area contributed by atoms with Crippen LogP contribution in [0.25, 0.3) is 0 Å². The van der Waals surface area contributed by atoms with Crippen molar-refractivity contribution < 1.29 is 13.2 Å². The van der Waals surface area contributed by atoms with Crippen LogP contribution in [0, 0.1) is 13.8 Å². The van der Waals surface area contributed by atoms with Crippen molar-refractivity contribution >= 4 is 34.0 Å². The first-order chi connectivity index (χ1) is 12.0. The van der Waals surface area contributed by atoms with Crippen LogP contribution in [0.5, 0.6) is 0 Å². The molecule has 27 heavy (non-hydrogen) atoms. The molecule has 0 unspecified atom stereocenters. The summed E-state index contributed by atoms with van der Waals surface area (Å²) < 4.78 is 27.9. The molecule has 0 saturated heterocycles. The van der Waals surface area contributed by atoms with Gasteiger partial charge in [-0.15, -0.1) is 12.4 Å². The number of sulfonamides is 1. The summed E-state index contributed by atoms with van der Waals surface area (Å²) in [4.78, 5) is 12.6. The van der Waals surface area contributed by atoms with Crippen molar-refractivity contribution in [1.29, 1.82) is 0 Å². The molecule has 0 bridgehead atoms. The van der Waals surface area contributed by atoms with Crippen LogP contribution in [-0.2, 0) is 10.0 Å². The van der Waals surface area contributed by atoms with Gasteiger partial charge < -0.3 is 11.1 Å². The predicted molar refractivity (Wildman–Crippen MR) is 111 cm³/mol. The highest BCUT2D eigenvalue weighted by molar-refractivity contribution is 7.92. The highest BCUT2D eigenvalue weighted by Crippen LogP contribution is 2.20. The molecule has 2 aromatic rings. The summed E-state index contributed by atoms with van der Waals surface area (Å²) in [6.07, 6.45) is 0. The standard InChI is InChI=1S/C19H25N3O3S.ClH/c1-13-6-5-7-15(10-13)22-26(24,25)16-9-8-14(2)17(11-16)18(23)21-19(3,4)12-20;/h5-11,22H,12,20H2,1-4H3,(H,21,23);1H. The molecule has 2 aromatic carbocycles. The summed E-state index contributed by atoms with van der Waals surface area (Å²) >= 11 is 0. The van der Waals surface area contributed by atoms with Crippen LogP contribution < -0.4 is 15.8 Å². The van der Waals surface area contributed by atoms with Crippen molar-refractivity contribution in [2.24, 2.45) is 5.73 Å². The number of benzene rings is 2.